The molecule has 0 aromatic heterocycles. The van der Waals surface area contributed by atoms with Crippen LogP contribution < -0.4 is 9.80 Å². The van der Waals surface area contributed by atoms with Crippen molar-refractivity contribution in [1.29, 1.82) is 0 Å². The van der Waals surface area contributed by atoms with Gasteiger partial charge in [-0.05, 0) is 56.0 Å². The van der Waals surface area contributed by atoms with Crippen LogP contribution in [0.15, 0.2) is 78.5 Å². The van der Waals surface area contributed by atoms with E-state index >= 15 is 0 Å². The van der Waals surface area contributed by atoms with Gasteiger partial charge in [-0.2, -0.15) is 0 Å². The molecule has 2 aliphatic heterocycles. The third-order valence-electron chi connectivity index (χ3n) is 6.07. The number of fused-ring (bicyclic) bond motifs is 1. The Labute approximate surface area is 182 Å². The number of carbonyl (C=O) groups excluding carboxylic acids is 2. The molecule has 2 amide bonds. The first-order valence-corrected chi connectivity index (χ1v) is 10.7. The van der Waals surface area contributed by atoms with Gasteiger partial charge in [0.25, 0.3) is 11.8 Å². The van der Waals surface area contributed by atoms with Crippen LogP contribution >= 0.6 is 0 Å². The lowest BCUT2D eigenvalue weighted by Gasteiger charge is -2.32. The zero-order valence-electron chi connectivity index (χ0n) is 17.8. The maximum absolute atomic E-state index is 13.8. The fraction of sp³-hybridized carbons (Fsp3) is 0.185. The van der Waals surface area contributed by atoms with Crippen LogP contribution in [0, 0.1) is 13.8 Å². The van der Waals surface area contributed by atoms with E-state index < -0.39 is 0 Å². The maximum atomic E-state index is 13.8. The molecule has 4 nitrogen and oxygen atoms in total. The van der Waals surface area contributed by atoms with Gasteiger partial charge in [-0.3, -0.25) is 9.59 Å². The second-order valence-corrected chi connectivity index (χ2v) is 8.25. The molecule has 0 radical (unpaired) electrons. The molecule has 0 atom stereocenters. The molecule has 0 saturated heterocycles. The zero-order chi connectivity index (χ0) is 21.5. The second kappa shape index (κ2) is 7.55. The Hall–Kier alpha value is -3.66. The number of carbonyl (C=O) groups is 2. The van der Waals surface area contributed by atoms with E-state index in [1.165, 1.54) is 10.5 Å². The van der Waals surface area contributed by atoms with Gasteiger partial charge >= 0.3 is 0 Å². The standard InChI is InChI=1S/C27H24N2O2/c1-18-9-13-21(14-10-18)24-25(28-17-5-7-20-6-3-4-8-23(20)28)27(31)29(26(24)30)22-15-11-19(2)12-16-22/h3-4,6,8-16H,5,7,17H2,1-2H3. The highest BCUT2D eigenvalue weighted by Crippen LogP contribution is 2.39. The van der Waals surface area contributed by atoms with E-state index in [-0.39, 0.29) is 11.8 Å². The topological polar surface area (TPSA) is 40.6 Å². The Balaban J connectivity index is 1.69. The highest BCUT2D eigenvalue weighted by atomic mass is 16.2. The average Bonchev–Trinajstić information content (AvgIpc) is 3.04. The minimum Gasteiger partial charge on any atom is -0.336 e. The number of hydrogen-bond donors (Lipinski definition) is 0. The molecule has 154 valence electrons. The molecule has 2 aliphatic rings. The summed E-state index contributed by atoms with van der Waals surface area (Å²) in [4.78, 5) is 30.8. The smallest absolute Gasteiger partial charge is 0.282 e. The summed E-state index contributed by atoms with van der Waals surface area (Å²) in [6, 6.07) is 23.5. The number of imide groups is 1. The largest absolute Gasteiger partial charge is 0.336 e. The van der Waals surface area contributed by atoms with Crippen molar-refractivity contribution in [3.05, 3.63) is 101 Å². The van der Waals surface area contributed by atoms with Crippen molar-refractivity contribution < 1.29 is 9.59 Å². The highest BCUT2D eigenvalue weighted by molar-refractivity contribution is 6.46. The zero-order valence-corrected chi connectivity index (χ0v) is 17.8. The normalized spacial score (nSPS) is 16.2. The van der Waals surface area contributed by atoms with Crippen molar-refractivity contribution >= 4 is 28.8 Å². The van der Waals surface area contributed by atoms with E-state index in [0.717, 1.165) is 35.2 Å². The van der Waals surface area contributed by atoms with E-state index in [2.05, 4.69) is 6.07 Å². The first kappa shape index (κ1) is 19.3. The molecule has 0 unspecified atom stereocenters. The molecule has 0 saturated carbocycles. The summed E-state index contributed by atoms with van der Waals surface area (Å²) in [5, 5.41) is 0. The number of anilines is 2. The lowest BCUT2D eigenvalue weighted by Crippen LogP contribution is -2.37. The van der Waals surface area contributed by atoms with Crippen LogP contribution in [0.25, 0.3) is 5.57 Å². The molecule has 2 heterocycles. The number of rotatable bonds is 3. The van der Waals surface area contributed by atoms with Crippen LogP contribution in [0.3, 0.4) is 0 Å². The summed E-state index contributed by atoms with van der Waals surface area (Å²) in [7, 11) is 0. The predicted molar refractivity (Wildman–Crippen MR) is 124 cm³/mol. The Morgan fingerprint density at radius 1 is 0.742 bits per heavy atom. The molecule has 0 aliphatic carbocycles. The minimum absolute atomic E-state index is 0.263. The Morgan fingerprint density at radius 3 is 2.10 bits per heavy atom. The quantitative estimate of drug-likeness (QED) is 0.570. The van der Waals surface area contributed by atoms with Gasteiger partial charge in [0.1, 0.15) is 5.70 Å². The molecular weight excluding hydrogens is 384 g/mol. The number of nitrogens with zero attached hydrogens (tertiary/aromatic N) is 2. The lowest BCUT2D eigenvalue weighted by molar-refractivity contribution is -0.120. The predicted octanol–water partition coefficient (Wildman–Crippen LogP) is 5.04. The molecule has 5 rings (SSSR count). The average molecular weight is 409 g/mol. The SMILES string of the molecule is Cc1ccc(C2=C(N3CCCc4ccccc43)C(=O)N(c3ccc(C)cc3)C2=O)cc1. The van der Waals surface area contributed by atoms with Gasteiger partial charge in [0.05, 0.1) is 11.3 Å². The van der Waals surface area contributed by atoms with Gasteiger partial charge in [-0.25, -0.2) is 4.90 Å². The van der Waals surface area contributed by atoms with E-state index in [1.54, 1.807) is 0 Å². The van der Waals surface area contributed by atoms with Crippen molar-refractivity contribution in [1.82, 2.24) is 0 Å². The third-order valence-corrected chi connectivity index (χ3v) is 6.07. The maximum Gasteiger partial charge on any atom is 0.282 e. The second-order valence-electron chi connectivity index (χ2n) is 8.25. The van der Waals surface area contributed by atoms with Crippen LogP contribution in [-0.2, 0) is 16.0 Å². The number of hydrogen-bond acceptors (Lipinski definition) is 3. The fourth-order valence-corrected chi connectivity index (χ4v) is 4.44. The molecule has 0 fully saturated rings. The van der Waals surface area contributed by atoms with E-state index in [9.17, 15) is 9.59 Å². The summed E-state index contributed by atoms with van der Waals surface area (Å²) < 4.78 is 0. The summed E-state index contributed by atoms with van der Waals surface area (Å²) >= 11 is 0. The van der Waals surface area contributed by atoms with Crippen molar-refractivity contribution in [3.63, 3.8) is 0 Å². The molecule has 31 heavy (non-hydrogen) atoms. The molecule has 0 spiro atoms. The van der Waals surface area contributed by atoms with E-state index in [0.29, 0.717) is 23.5 Å². The molecule has 0 bridgehead atoms. The van der Waals surface area contributed by atoms with E-state index in [1.807, 2.05) is 85.5 Å². The number of benzene rings is 3. The van der Waals surface area contributed by atoms with Crippen molar-refractivity contribution in [3.8, 4) is 0 Å². The number of amides is 2. The van der Waals surface area contributed by atoms with Crippen molar-refractivity contribution in [2.45, 2.75) is 26.7 Å². The van der Waals surface area contributed by atoms with Crippen LogP contribution in [0.2, 0.25) is 0 Å². The van der Waals surface area contributed by atoms with Crippen LogP contribution in [0.5, 0.6) is 0 Å². The first-order valence-electron chi connectivity index (χ1n) is 10.7. The van der Waals surface area contributed by atoms with Crippen molar-refractivity contribution in [2.75, 3.05) is 16.3 Å². The van der Waals surface area contributed by atoms with Gasteiger partial charge in [0, 0.05) is 12.2 Å². The van der Waals surface area contributed by atoms with Gasteiger partial charge in [0.2, 0.25) is 0 Å². The first-order chi connectivity index (χ1) is 15.0. The Bertz CT molecular complexity index is 1210. The van der Waals surface area contributed by atoms with Crippen LogP contribution in [0.4, 0.5) is 11.4 Å². The third kappa shape index (κ3) is 3.25. The molecule has 3 aromatic rings. The lowest BCUT2D eigenvalue weighted by atomic mass is 9.98. The van der Waals surface area contributed by atoms with Crippen molar-refractivity contribution in [2.24, 2.45) is 0 Å². The Morgan fingerprint density at radius 2 is 1.39 bits per heavy atom. The van der Waals surface area contributed by atoms with Gasteiger partial charge < -0.3 is 4.90 Å². The Kier molecular flexibility index (Phi) is 4.70. The fourth-order valence-electron chi connectivity index (χ4n) is 4.44. The minimum atomic E-state index is -0.268. The summed E-state index contributed by atoms with van der Waals surface area (Å²) in [5.41, 5.74) is 6.74. The van der Waals surface area contributed by atoms with Crippen LogP contribution in [-0.4, -0.2) is 18.4 Å². The molecule has 0 N–H and O–H groups in total. The number of aryl methyl sites for hydroxylation is 3. The molecule has 3 aromatic carbocycles. The van der Waals surface area contributed by atoms with E-state index in [4.69, 9.17) is 0 Å². The van der Waals surface area contributed by atoms with Gasteiger partial charge in [0.15, 0.2) is 0 Å². The summed E-state index contributed by atoms with van der Waals surface area (Å²) in [5.74, 6) is -0.531. The monoisotopic (exact) mass is 408 g/mol. The van der Waals surface area contributed by atoms with Gasteiger partial charge in [-0.1, -0.05) is 65.7 Å². The van der Waals surface area contributed by atoms with Gasteiger partial charge in [-0.15, -0.1) is 0 Å². The summed E-state index contributed by atoms with van der Waals surface area (Å²) in [6.45, 7) is 4.71. The van der Waals surface area contributed by atoms with Crippen LogP contribution in [0.1, 0.15) is 28.7 Å². The molecule has 4 heteroatoms. The number of para-hydroxylation sites is 1. The molecular formula is C27H24N2O2. The summed E-state index contributed by atoms with van der Waals surface area (Å²) in [6.07, 6.45) is 1.91. The highest BCUT2D eigenvalue weighted by Gasteiger charge is 2.43.